The number of nitrogens with zero attached hydrogens (tertiary/aromatic N) is 3. The van der Waals surface area contributed by atoms with E-state index in [1.54, 1.807) is 24.6 Å². The third-order valence-electron chi connectivity index (χ3n) is 4.26. The largest absolute Gasteiger partial charge is 0.466 e. The number of guanidine groups is 1. The van der Waals surface area contributed by atoms with E-state index in [-0.39, 0.29) is 11.9 Å². The summed E-state index contributed by atoms with van der Waals surface area (Å²) in [6.45, 7) is 4.26. The zero-order valence-electron chi connectivity index (χ0n) is 15.1. The molecule has 0 radical (unpaired) electrons. The molecule has 1 fully saturated rings. The highest BCUT2D eigenvalue weighted by Gasteiger charge is 2.28. The number of aliphatic imine (C=N–C) groups is 1. The van der Waals surface area contributed by atoms with Gasteiger partial charge in [-0.15, -0.1) is 11.3 Å². The molecule has 7 nitrogen and oxygen atoms in total. The molecule has 0 aromatic carbocycles. The molecule has 1 N–H and O–H groups in total. The van der Waals surface area contributed by atoms with Crippen molar-refractivity contribution >= 4 is 23.3 Å². The molecule has 2 aromatic heterocycles. The first-order valence-electron chi connectivity index (χ1n) is 8.81. The molecule has 1 unspecified atom stereocenters. The van der Waals surface area contributed by atoms with Crippen molar-refractivity contribution < 1.29 is 13.9 Å². The summed E-state index contributed by atoms with van der Waals surface area (Å²) in [5.41, 5.74) is 0.813. The lowest BCUT2D eigenvalue weighted by Crippen LogP contribution is -2.48. The van der Waals surface area contributed by atoms with Crippen LogP contribution in [0.5, 0.6) is 0 Å². The number of aromatic nitrogens is 1. The van der Waals surface area contributed by atoms with Crippen molar-refractivity contribution in [2.45, 2.75) is 26.3 Å². The van der Waals surface area contributed by atoms with Gasteiger partial charge in [0.25, 0.3) is 0 Å². The number of carbonyl (C=O) groups is 1. The molecule has 3 rings (SSSR count). The highest BCUT2D eigenvalue weighted by molar-refractivity contribution is 7.13. The Balaban J connectivity index is 1.57. The minimum Gasteiger partial charge on any atom is -0.466 e. The monoisotopic (exact) mass is 376 g/mol. The number of esters is 1. The van der Waals surface area contributed by atoms with E-state index >= 15 is 0 Å². The first-order chi connectivity index (χ1) is 12.7. The molecule has 3 heterocycles. The molecule has 8 heteroatoms. The van der Waals surface area contributed by atoms with Gasteiger partial charge in [-0.05, 0) is 31.2 Å². The van der Waals surface area contributed by atoms with Gasteiger partial charge in [0.2, 0.25) is 5.89 Å². The van der Waals surface area contributed by atoms with E-state index in [0.29, 0.717) is 25.6 Å². The van der Waals surface area contributed by atoms with Gasteiger partial charge in [0.15, 0.2) is 5.96 Å². The van der Waals surface area contributed by atoms with E-state index in [9.17, 15) is 4.79 Å². The number of nitrogens with one attached hydrogen (secondary N) is 1. The van der Waals surface area contributed by atoms with Crippen molar-refractivity contribution in [2.75, 3.05) is 26.7 Å². The molecule has 1 aliphatic heterocycles. The van der Waals surface area contributed by atoms with E-state index in [1.165, 1.54) is 0 Å². The van der Waals surface area contributed by atoms with Crippen LogP contribution in [0.2, 0.25) is 0 Å². The quantitative estimate of drug-likeness (QED) is 0.491. The molecule has 1 aliphatic rings. The van der Waals surface area contributed by atoms with E-state index in [0.717, 1.165) is 35.9 Å². The maximum absolute atomic E-state index is 12.0. The van der Waals surface area contributed by atoms with Crippen LogP contribution in [0, 0.1) is 5.92 Å². The fourth-order valence-electron chi connectivity index (χ4n) is 3.03. The van der Waals surface area contributed by atoms with E-state index < -0.39 is 0 Å². The van der Waals surface area contributed by atoms with Crippen molar-refractivity contribution in [3.05, 3.63) is 29.5 Å². The normalized spacial score (nSPS) is 18.0. The van der Waals surface area contributed by atoms with Crippen LogP contribution in [0.25, 0.3) is 10.8 Å². The third-order valence-corrected chi connectivity index (χ3v) is 5.12. The van der Waals surface area contributed by atoms with Gasteiger partial charge in [0.1, 0.15) is 6.26 Å². The van der Waals surface area contributed by atoms with Gasteiger partial charge in [-0.1, -0.05) is 6.07 Å². The number of ether oxygens (including phenoxy) is 1. The molecule has 0 spiro atoms. The van der Waals surface area contributed by atoms with Crippen LogP contribution >= 0.6 is 11.3 Å². The van der Waals surface area contributed by atoms with Crippen LogP contribution in [-0.4, -0.2) is 48.6 Å². The van der Waals surface area contributed by atoms with Gasteiger partial charge >= 0.3 is 5.97 Å². The van der Waals surface area contributed by atoms with E-state index in [2.05, 4.69) is 20.2 Å². The maximum Gasteiger partial charge on any atom is 0.310 e. The maximum atomic E-state index is 12.0. The molecule has 1 saturated heterocycles. The summed E-state index contributed by atoms with van der Waals surface area (Å²) in [4.78, 5) is 24.0. The van der Waals surface area contributed by atoms with Crippen molar-refractivity contribution in [1.29, 1.82) is 0 Å². The number of piperidine rings is 1. The number of thiophene rings is 1. The second kappa shape index (κ2) is 8.84. The van der Waals surface area contributed by atoms with E-state index in [1.807, 2.05) is 24.4 Å². The molecule has 0 aliphatic carbocycles. The Morgan fingerprint density at radius 1 is 1.58 bits per heavy atom. The lowest BCUT2D eigenvalue weighted by atomic mass is 9.98. The van der Waals surface area contributed by atoms with Gasteiger partial charge in [0.05, 0.1) is 29.6 Å². The Morgan fingerprint density at radius 2 is 2.46 bits per heavy atom. The Bertz CT molecular complexity index is 741. The summed E-state index contributed by atoms with van der Waals surface area (Å²) in [6.07, 6.45) is 3.46. The fraction of sp³-hybridized carbons (Fsp3) is 0.500. The minimum atomic E-state index is -0.121. The first-order valence-corrected chi connectivity index (χ1v) is 9.69. The average Bonchev–Trinajstić information content (AvgIpc) is 3.34. The van der Waals surface area contributed by atoms with Crippen molar-refractivity contribution in [3.8, 4) is 10.8 Å². The zero-order valence-corrected chi connectivity index (χ0v) is 15.9. The molecule has 0 saturated carbocycles. The number of carbonyl (C=O) groups excluding carboxylic acids is 1. The first kappa shape index (κ1) is 18.4. The number of rotatable bonds is 5. The van der Waals surface area contributed by atoms with Crippen LogP contribution in [0.15, 0.2) is 33.2 Å². The highest BCUT2D eigenvalue weighted by atomic mass is 32.1. The minimum absolute atomic E-state index is 0.0975. The summed E-state index contributed by atoms with van der Waals surface area (Å²) in [6, 6.07) is 3.95. The van der Waals surface area contributed by atoms with Crippen molar-refractivity contribution in [3.63, 3.8) is 0 Å². The lowest BCUT2D eigenvalue weighted by molar-refractivity contribution is -0.149. The number of hydrogen-bond donors (Lipinski definition) is 1. The Labute approximate surface area is 157 Å². The number of oxazole rings is 1. The van der Waals surface area contributed by atoms with Crippen LogP contribution in [0.3, 0.4) is 0 Å². The lowest BCUT2D eigenvalue weighted by Gasteiger charge is -2.33. The van der Waals surface area contributed by atoms with Gasteiger partial charge in [0, 0.05) is 20.1 Å². The third kappa shape index (κ3) is 4.43. The van der Waals surface area contributed by atoms with Crippen LogP contribution < -0.4 is 5.32 Å². The Morgan fingerprint density at radius 3 is 3.19 bits per heavy atom. The van der Waals surface area contributed by atoms with Crippen molar-refractivity contribution in [2.24, 2.45) is 10.9 Å². The SMILES string of the molecule is CCOC(=O)C1CCCN(C(=NC)NCc2coc(-c3cccs3)n2)C1. The Kier molecular flexibility index (Phi) is 6.27. The summed E-state index contributed by atoms with van der Waals surface area (Å²) in [7, 11) is 1.75. The molecule has 0 bridgehead atoms. The molecule has 26 heavy (non-hydrogen) atoms. The topological polar surface area (TPSA) is 80.0 Å². The smallest absolute Gasteiger partial charge is 0.310 e. The molecular formula is C18H24N4O3S. The number of hydrogen-bond acceptors (Lipinski definition) is 6. The standard InChI is InChI=1S/C18H24N4O3S/c1-3-24-17(23)13-6-4-8-22(11-13)18(19-2)20-10-14-12-25-16(21-14)15-7-5-9-26-15/h5,7,9,12-13H,3-4,6,8,10-11H2,1-2H3,(H,19,20). The summed E-state index contributed by atoms with van der Waals surface area (Å²) >= 11 is 1.60. The predicted molar refractivity (Wildman–Crippen MR) is 101 cm³/mol. The van der Waals surface area contributed by atoms with E-state index in [4.69, 9.17) is 9.15 Å². The summed E-state index contributed by atoms with van der Waals surface area (Å²) in [5.74, 6) is 1.18. The molecule has 140 valence electrons. The highest BCUT2D eigenvalue weighted by Crippen LogP contribution is 2.23. The second-order valence-corrected chi connectivity index (χ2v) is 7.01. The van der Waals surface area contributed by atoms with Crippen molar-refractivity contribution in [1.82, 2.24) is 15.2 Å². The second-order valence-electron chi connectivity index (χ2n) is 6.06. The fourth-order valence-corrected chi connectivity index (χ4v) is 3.68. The Hall–Kier alpha value is -2.35. The van der Waals surface area contributed by atoms with Crippen LogP contribution in [-0.2, 0) is 16.1 Å². The van der Waals surface area contributed by atoms with Crippen LogP contribution in [0.4, 0.5) is 0 Å². The predicted octanol–water partition coefficient (Wildman–Crippen LogP) is 2.75. The van der Waals surface area contributed by atoms with Gasteiger partial charge in [-0.2, -0.15) is 0 Å². The summed E-state index contributed by atoms with van der Waals surface area (Å²) < 4.78 is 10.7. The van der Waals surface area contributed by atoms with Gasteiger partial charge < -0.3 is 19.4 Å². The molecule has 2 aromatic rings. The molecular weight excluding hydrogens is 352 g/mol. The molecule has 1 atom stereocenters. The summed E-state index contributed by atoms with van der Waals surface area (Å²) in [5, 5.41) is 5.31. The van der Waals surface area contributed by atoms with Gasteiger partial charge in [-0.25, -0.2) is 4.98 Å². The average molecular weight is 376 g/mol. The van der Waals surface area contributed by atoms with Gasteiger partial charge in [-0.3, -0.25) is 9.79 Å². The zero-order chi connectivity index (χ0) is 18.4. The van der Waals surface area contributed by atoms with Crippen LogP contribution in [0.1, 0.15) is 25.5 Å². The number of likely N-dealkylation sites (tertiary alicyclic amines) is 1. The molecule has 0 amide bonds.